The average molecular weight is 334 g/mol. The molecule has 0 aromatic heterocycles. The molecule has 2 rings (SSSR count). The number of aliphatic carboxylic acids is 1. The third-order valence-electron chi connectivity index (χ3n) is 4.08. The number of benzene rings is 1. The van der Waals surface area contributed by atoms with Crippen molar-refractivity contribution in [1.29, 1.82) is 0 Å². The number of ether oxygens (including phenoxy) is 1. The SMILES string of the molecule is CC(C)(C)C(C(=O)O)C(=O)Nc1cccc(CN2CCOCC2)c1. The minimum Gasteiger partial charge on any atom is -0.481 e. The lowest BCUT2D eigenvalue weighted by atomic mass is 9.80. The van der Waals surface area contributed by atoms with E-state index < -0.39 is 23.2 Å². The maximum absolute atomic E-state index is 12.4. The van der Waals surface area contributed by atoms with Crippen molar-refractivity contribution in [3.63, 3.8) is 0 Å². The summed E-state index contributed by atoms with van der Waals surface area (Å²) >= 11 is 0. The summed E-state index contributed by atoms with van der Waals surface area (Å²) < 4.78 is 5.34. The summed E-state index contributed by atoms with van der Waals surface area (Å²) in [5.41, 5.74) is 1.06. The van der Waals surface area contributed by atoms with Crippen LogP contribution in [0, 0.1) is 11.3 Å². The lowest BCUT2D eigenvalue weighted by Gasteiger charge is -2.27. The maximum atomic E-state index is 12.4. The van der Waals surface area contributed by atoms with Gasteiger partial charge in [-0.25, -0.2) is 0 Å². The predicted molar refractivity (Wildman–Crippen MR) is 91.7 cm³/mol. The van der Waals surface area contributed by atoms with Crippen molar-refractivity contribution in [3.05, 3.63) is 29.8 Å². The van der Waals surface area contributed by atoms with Crippen molar-refractivity contribution in [1.82, 2.24) is 4.90 Å². The molecule has 24 heavy (non-hydrogen) atoms. The van der Waals surface area contributed by atoms with E-state index in [0.29, 0.717) is 5.69 Å². The van der Waals surface area contributed by atoms with Gasteiger partial charge in [0.25, 0.3) is 0 Å². The van der Waals surface area contributed by atoms with Gasteiger partial charge >= 0.3 is 5.97 Å². The van der Waals surface area contributed by atoms with Gasteiger partial charge in [0.05, 0.1) is 13.2 Å². The fourth-order valence-corrected chi connectivity index (χ4v) is 2.86. The summed E-state index contributed by atoms with van der Waals surface area (Å²) in [6.07, 6.45) is 0. The van der Waals surface area contributed by atoms with E-state index in [2.05, 4.69) is 10.2 Å². The molecule has 1 saturated heterocycles. The van der Waals surface area contributed by atoms with Crippen LogP contribution in [0.3, 0.4) is 0 Å². The number of hydrogen-bond acceptors (Lipinski definition) is 4. The number of rotatable bonds is 5. The lowest BCUT2D eigenvalue weighted by molar-refractivity contribution is -0.149. The third-order valence-corrected chi connectivity index (χ3v) is 4.08. The molecule has 1 aromatic rings. The second-order valence-corrected chi connectivity index (χ2v) is 7.22. The zero-order chi connectivity index (χ0) is 17.7. The predicted octanol–water partition coefficient (Wildman–Crippen LogP) is 2.20. The second kappa shape index (κ2) is 7.77. The summed E-state index contributed by atoms with van der Waals surface area (Å²) in [4.78, 5) is 26.1. The van der Waals surface area contributed by atoms with E-state index >= 15 is 0 Å². The zero-order valence-electron chi connectivity index (χ0n) is 14.5. The summed E-state index contributed by atoms with van der Waals surface area (Å²) in [6, 6.07) is 7.55. The summed E-state index contributed by atoms with van der Waals surface area (Å²) in [5, 5.41) is 12.1. The number of carboxylic acids is 1. The Morgan fingerprint density at radius 3 is 2.54 bits per heavy atom. The van der Waals surface area contributed by atoms with Crippen molar-refractivity contribution >= 4 is 17.6 Å². The quantitative estimate of drug-likeness (QED) is 0.807. The molecule has 0 aliphatic carbocycles. The molecule has 1 aliphatic heterocycles. The van der Waals surface area contributed by atoms with Crippen LogP contribution in [0.1, 0.15) is 26.3 Å². The first-order valence-electron chi connectivity index (χ1n) is 8.20. The van der Waals surface area contributed by atoms with E-state index in [0.717, 1.165) is 38.4 Å². The Labute approximate surface area is 142 Å². The standard InChI is InChI=1S/C18H26N2O4/c1-18(2,3)15(17(22)23)16(21)19-14-6-4-5-13(11-14)12-20-7-9-24-10-8-20/h4-6,11,15H,7-10,12H2,1-3H3,(H,19,21)(H,22,23). The minimum absolute atomic E-state index is 0.487. The Kier molecular flexibility index (Phi) is 5.96. The topological polar surface area (TPSA) is 78.9 Å². The Morgan fingerprint density at radius 2 is 1.96 bits per heavy atom. The number of anilines is 1. The molecule has 1 amide bonds. The van der Waals surface area contributed by atoms with Gasteiger partial charge in [0, 0.05) is 25.3 Å². The van der Waals surface area contributed by atoms with E-state index in [4.69, 9.17) is 4.74 Å². The number of amides is 1. The molecular formula is C18H26N2O4. The largest absolute Gasteiger partial charge is 0.481 e. The molecule has 6 heteroatoms. The smallest absolute Gasteiger partial charge is 0.316 e. The van der Waals surface area contributed by atoms with Crippen LogP contribution < -0.4 is 5.32 Å². The van der Waals surface area contributed by atoms with Crippen molar-refractivity contribution in [2.24, 2.45) is 11.3 Å². The average Bonchev–Trinajstić information content (AvgIpc) is 2.46. The highest BCUT2D eigenvalue weighted by atomic mass is 16.5. The first kappa shape index (κ1) is 18.4. The highest BCUT2D eigenvalue weighted by molar-refractivity contribution is 6.04. The number of carboxylic acid groups (broad SMARTS) is 1. The molecule has 1 aliphatic rings. The zero-order valence-corrected chi connectivity index (χ0v) is 14.5. The van der Waals surface area contributed by atoms with Crippen LogP contribution in [0.5, 0.6) is 0 Å². The normalized spacial score (nSPS) is 17.3. The van der Waals surface area contributed by atoms with E-state index in [1.807, 2.05) is 18.2 Å². The molecule has 132 valence electrons. The van der Waals surface area contributed by atoms with Crippen molar-refractivity contribution in [3.8, 4) is 0 Å². The van der Waals surface area contributed by atoms with Crippen LogP contribution in [-0.2, 0) is 20.9 Å². The molecule has 1 fully saturated rings. The number of carbonyl (C=O) groups is 2. The van der Waals surface area contributed by atoms with Gasteiger partial charge in [-0.1, -0.05) is 32.9 Å². The van der Waals surface area contributed by atoms with Gasteiger partial charge in [-0.05, 0) is 23.1 Å². The highest BCUT2D eigenvalue weighted by Crippen LogP contribution is 2.27. The minimum atomic E-state index is -1.11. The van der Waals surface area contributed by atoms with Crippen LogP contribution in [0.25, 0.3) is 0 Å². The number of carbonyl (C=O) groups excluding carboxylic acids is 1. The fraction of sp³-hybridized carbons (Fsp3) is 0.556. The van der Waals surface area contributed by atoms with Crippen LogP contribution in [-0.4, -0.2) is 48.2 Å². The number of nitrogens with zero attached hydrogens (tertiary/aromatic N) is 1. The molecule has 1 unspecified atom stereocenters. The fourth-order valence-electron chi connectivity index (χ4n) is 2.86. The van der Waals surface area contributed by atoms with E-state index in [-0.39, 0.29) is 0 Å². The first-order chi connectivity index (χ1) is 11.3. The molecule has 1 atom stereocenters. The molecule has 2 N–H and O–H groups in total. The first-order valence-corrected chi connectivity index (χ1v) is 8.20. The molecular weight excluding hydrogens is 308 g/mol. The van der Waals surface area contributed by atoms with Gasteiger partial charge in [-0.15, -0.1) is 0 Å². The second-order valence-electron chi connectivity index (χ2n) is 7.22. The van der Waals surface area contributed by atoms with Gasteiger partial charge in [-0.3, -0.25) is 14.5 Å². The lowest BCUT2D eigenvalue weighted by Crippen LogP contribution is -2.39. The molecule has 1 aromatic carbocycles. The van der Waals surface area contributed by atoms with Gasteiger partial charge in [0.15, 0.2) is 0 Å². The van der Waals surface area contributed by atoms with Crippen molar-refractivity contribution < 1.29 is 19.4 Å². The van der Waals surface area contributed by atoms with Crippen LogP contribution in [0.4, 0.5) is 5.69 Å². The third kappa shape index (κ3) is 5.04. The Bertz CT molecular complexity index is 589. The van der Waals surface area contributed by atoms with Crippen molar-refractivity contribution in [2.75, 3.05) is 31.6 Å². The van der Waals surface area contributed by atoms with Gasteiger partial charge < -0.3 is 15.2 Å². The van der Waals surface area contributed by atoms with E-state index in [9.17, 15) is 14.7 Å². The molecule has 1 heterocycles. The number of hydrogen-bond donors (Lipinski definition) is 2. The Balaban J connectivity index is 2.05. The summed E-state index contributed by atoms with van der Waals surface area (Å²) in [5.74, 6) is -2.69. The molecule has 0 bridgehead atoms. The van der Waals surface area contributed by atoms with Crippen LogP contribution >= 0.6 is 0 Å². The Morgan fingerprint density at radius 1 is 1.29 bits per heavy atom. The van der Waals surface area contributed by atoms with Crippen LogP contribution in [0.15, 0.2) is 24.3 Å². The number of nitrogens with one attached hydrogen (secondary N) is 1. The van der Waals surface area contributed by atoms with Gasteiger partial charge in [0.2, 0.25) is 5.91 Å². The maximum Gasteiger partial charge on any atom is 0.316 e. The summed E-state index contributed by atoms with van der Waals surface area (Å²) in [7, 11) is 0. The molecule has 6 nitrogen and oxygen atoms in total. The van der Waals surface area contributed by atoms with Crippen molar-refractivity contribution in [2.45, 2.75) is 27.3 Å². The Hall–Kier alpha value is -1.92. The van der Waals surface area contributed by atoms with Gasteiger partial charge in [0.1, 0.15) is 5.92 Å². The molecule has 0 saturated carbocycles. The van der Waals surface area contributed by atoms with E-state index in [1.165, 1.54) is 0 Å². The van der Waals surface area contributed by atoms with E-state index in [1.54, 1.807) is 26.8 Å². The van der Waals surface area contributed by atoms with Gasteiger partial charge in [-0.2, -0.15) is 0 Å². The molecule has 0 radical (unpaired) electrons. The van der Waals surface area contributed by atoms with Crippen LogP contribution in [0.2, 0.25) is 0 Å². The number of morpholine rings is 1. The summed E-state index contributed by atoms with van der Waals surface area (Å²) in [6.45, 7) is 9.29. The highest BCUT2D eigenvalue weighted by Gasteiger charge is 2.37. The monoisotopic (exact) mass is 334 g/mol. The molecule has 0 spiro atoms.